The number of ether oxygens (including phenoxy) is 1. The highest BCUT2D eigenvalue weighted by Gasteiger charge is 2.21. The number of aliphatic carboxylic acids is 1. The van der Waals surface area contributed by atoms with Crippen LogP contribution in [0.25, 0.3) is 0 Å². The van der Waals surface area contributed by atoms with Crippen LogP contribution in [-0.2, 0) is 25.5 Å². The molecule has 22 heavy (non-hydrogen) atoms. The molecule has 0 radical (unpaired) electrons. The molecule has 0 fully saturated rings. The van der Waals surface area contributed by atoms with Crippen molar-refractivity contribution in [2.75, 3.05) is 0 Å². The van der Waals surface area contributed by atoms with Gasteiger partial charge in [0.25, 0.3) is 0 Å². The monoisotopic (exact) mass is 310 g/mol. The van der Waals surface area contributed by atoms with Gasteiger partial charge in [-0.1, -0.05) is 12.1 Å². The average Bonchev–Trinajstić information content (AvgIpc) is 2.46. The molecule has 1 rings (SSSR count). The van der Waals surface area contributed by atoms with E-state index in [1.54, 1.807) is 12.1 Å². The van der Waals surface area contributed by atoms with Gasteiger partial charge in [-0.2, -0.15) is 0 Å². The van der Waals surface area contributed by atoms with Gasteiger partial charge in [-0.05, 0) is 30.5 Å². The highest BCUT2D eigenvalue weighted by Crippen LogP contribution is 2.11. The summed E-state index contributed by atoms with van der Waals surface area (Å²) in [6.45, 7) is 0. The first kappa shape index (κ1) is 17.6. The van der Waals surface area contributed by atoms with Gasteiger partial charge in [0.2, 0.25) is 0 Å². The van der Waals surface area contributed by atoms with Crippen LogP contribution in [0.3, 0.4) is 0 Å². The molecule has 8 heteroatoms. The van der Waals surface area contributed by atoms with Crippen molar-refractivity contribution in [3.05, 3.63) is 29.8 Å². The van der Waals surface area contributed by atoms with Gasteiger partial charge in [0.15, 0.2) is 0 Å². The Balaban J connectivity index is 2.41. The summed E-state index contributed by atoms with van der Waals surface area (Å²) in [4.78, 5) is 33.5. The zero-order valence-corrected chi connectivity index (χ0v) is 11.8. The molecule has 120 valence electrons. The van der Waals surface area contributed by atoms with Crippen LogP contribution in [0.1, 0.15) is 18.4 Å². The van der Waals surface area contributed by atoms with E-state index in [0.29, 0.717) is 5.56 Å². The van der Waals surface area contributed by atoms with Gasteiger partial charge < -0.3 is 26.4 Å². The zero-order valence-electron chi connectivity index (χ0n) is 11.8. The van der Waals surface area contributed by atoms with Crippen LogP contribution in [0.4, 0.5) is 0 Å². The Morgan fingerprint density at radius 1 is 1.09 bits per heavy atom. The number of carbonyl (C=O) groups excluding carboxylic acids is 2. The SMILES string of the molecule is N[C@@H](CCC(=O)OC(=O)[C@@H](N)Cc1ccc(O)cc1)C(=O)O. The van der Waals surface area contributed by atoms with Crippen LogP contribution in [0.5, 0.6) is 5.75 Å². The van der Waals surface area contributed by atoms with Crippen LogP contribution in [-0.4, -0.2) is 40.2 Å². The number of benzene rings is 1. The van der Waals surface area contributed by atoms with Gasteiger partial charge in [-0.3, -0.25) is 9.59 Å². The fourth-order valence-corrected chi connectivity index (χ4v) is 1.61. The van der Waals surface area contributed by atoms with Crippen molar-refractivity contribution in [2.45, 2.75) is 31.3 Å². The molecule has 0 spiro atoms. The first-order chi connectivity index (χ1) is 10.3. The molecule has 1 aromatic rings. The maximum Gasteiger partial charge on any atom is 0.330 e. The number of esters is 2. The van der Waals surface area contributed by atoms with Gasteiger partial charge in [-0.15, -0.1) is 0 Å². The first-order valence-corrected chi connectivity index (χ1v) is 6.56. The van der Waals surface area contributed by atoms with E-state index >= 15 is 0 Å². The number of phenolic OH excluding ortho intramolecular Hbond substituents is 1. The lowest BCUT2D eigenvalue weighted by Gasteiger charge is -2.11. The van der Waals surface area contributed by atoms with E-state index in [2.05, 4.69) is 4.74 Å². The molecule has 0 heterocycles. The Hall–Kier alpha value is -2.45. The molecular weight excluding hydrogens is 292 g/mol. The molecule has 0 saturated carbocycles. The summed E-state index contributed by atoms with van der Waals surface area (Å²) in [5.74, 6) is -2.92. The summed E-state index contributed by atoms with van der Waals surface area (Å²) in [7, 11) is 0. The summed E-state index contributed by atoms with van der Waals surface area (Å²) in [5, 5.41) is 17.7. The minimum absolute atomic E-state index is 0.0878. The van der Waals surface area contributed by atoms with Crippen molar-refractivity contribution in [2.24, 2.45) is 11.5 Å². The topological polar surface area (TPSA) is 153 Å². The smallest absolute Gasteiger partial charge is 0.330 e. The number of aromatic hydroxyl groups is 1. The van der Waals surface area contributed by atoms with Crippen LogP contribution in [0, 0.1) is 0 Å². The molecular formula is C14H18N2O6. The Kier molecular flexibility index (Phi) is 6.48. The van der Waals surface area contributed by atoms with Crippen molar-refractivity contribution >= 4 is 17.9 Å². The molecule has 0 saturated heterocycles. The summed E-state index contributed by atoms with van der Waals surface area (Å²) in [5.41, 5.74) is 11.6. The molecule has 8 nitrogen and oxygen atoms in total. The van der Waals surface area contributed by atoms with Crippen molar-refractivity contribution in [3.63, 3.8) is 0 Å². The standard InChI is InChI=1S/C14H18N2O6/c15-10(13(19)20)5-6-12(18)22-14(21)11(16)7-8-1-3-9(17)4-2-8/h1-4,10-11,17H,5-7,15-16H2,(H,19,20)/t10-,11-/m0/s1. The summed E-state index contributed by atoms with van der Waals surface area (Å²) in [6.07, 6.45) is -0.277. The predicted molar refractivity (Wildman–Crippen MR) is 75.7 cm³/mol. The predicted octanol–water partition coefficient (Wildman–Crippen LogP) is -0.476. The van der Waals surface area contributed by atoms with Crippen LogP contribution in [0.2, 0.25) is 0 Å². The summed E-state index contributed by atoms with van der Waals surface area (Å²) >= 11 is 0. The van der Waals surface area contributed by atoms with E-state index in [0.717, 1.165) is 0 Å². The lowest BCUT2D eigenvalue weighted by atomic mass is 10.1. The number of carboxylic acids is 1. The molecule has 0 aliphatic rings. The lowest BCUT2D eigenvalue weighted by molar-refractivity contribution is -0.160. The normalized spacial score (nSPS) is 13.2. The van der Waals surface area contributed by atoms with E-state index in [1.165, 1.54) is 12.1 Å². The maximum absolute atomic E-state index is 11.6. The number of carboxylic acid groups (broad SMARTS) is 1. The second-order valence-corrected chi connectivity index (χ2v) is 4.75. The van der Waals surface area contributed by atoms with Crippen molar-refractivity contribution in [1.29, 1.82) is 0 Å². The van der Waals surface area contributed by atoms with Gasteiger partial charge in [0.1, 0.15) is 17.8 Å². The summed E-state index contributed by atoms with van der Waals surface area (Å²) < 4.78 is 4.54. The van der Waals surface area contributed by atoms with Gasteiger partial charge >= 0.3 is 17.9 Å². The lowest BCUT2D eigenvalue weighted by Crippen LogP contribution is -2.36. The molecule has 0 bridgehead atoms. The quantitative estimate of drug-likeness (QED) is 0.389. The van der Waals surface area contributed by atoms with E-state index in [-0.39, 0.29) is 25.0 Å². The molecule has 0 amide bonds. The molecule has 1 aromatic carbocycles. The molecule has 0 aliphatic heterocycles. The molecule has 0 aromatic heterocycles. The fourth-order valence-electron chi connectivity index (χ4n) is 1.61. The number of nitrogens with two attached hydrogens (primary N) is 2. The largest absolute Gasteiger partial charge is 0.508 e. The van der Waals surface area contributed by atoms with E-state index in [1.807, 2.05) is 0 Å². The first-order valence-electron chi connectivity index (χ1n) is 6.56. The Morgan fingerprint density at radius 2 is 1.68 bits per heavy atom. The molecule has 6 N–H and O–H groups in total. The van der Waals surface area contributed by atoms with Crippen LogP contribution >= 0.6 is 0 Å². The Labute approximate surface area is 126 Å². The van der Waals surface area contributed by atoms with Gasteiger partial charge in [-0.25, -0.2) is 4.79 Å². The number of phenols is 1. The molecule has 2 atom stereocenters. The number of rotatable bonds is 7. The minimum Gasteiger partial charge on any atom is -0.508 e. The maximum atomic E-state index is 11.6. The highest BCUT2D eigenvalue weighted by molar-refractivity contribution is 5.88. The van der Waals surface area contributed by atoms with Gasteiger partial charge in [0.05, 0.1) is 0 Å². The average molecular weight is 310 g/mol. The van der Waals surface area contributed by atoms with Gasteiger partial charge in [0, 0.05) is 6.42 Å². The van der Waals surface area contributed by atoms with Crippen molar-refractivity contribution in [3.8, 4) is 5.75 Å². The zero-order chi connectivity index (χ0) is 16.7. The number of hydrogen-bond donors (Lipinski definition) is 4. The van der Waals surface area contributed by atoms with Crippen LogP contribution in [0.15, 0.2) is 24.3 Å². The highest BCUT2D eigenvalue weighted by atomic mass is 16.6. The van der Waals surface area contributed by atoms with Crippen molar-refractivity contribution < 1.29 is 29.3 Å². The van der Waals surface area contributed by atoms with Crippen LogP contribution < -0.4 is 11.5 Å². The number of carbonyl (C=O) groups is 3. The molecule has 0 aliphatic carbocycles. The fraction of sp³-hybridized carbons (Fsp3) is 0.357. The Bertz CT molecular complexity index is 543. The van der Waals surface area contributed by atoms with E-state index < -0.39 is 30.0 Å². The third kappa shape index (κ3) is 5.90. The van der Waals surface area contributed by atoms with E-state index in [9.17, 15) is 14.4 Å². The Morgan fingerprint density at radius 3 is 2.23 bits per heavy atom. The second-order valence-electron chi connectivity index (χ2n) is 4.75. The molecule has 0 unspecified atom stereocenters. The summed E-state index contributed by atoms with van der Waals surface area (Å²) in [6, 6.07) is 3.86. The second kappa shape index (κ2) is 8.11. The van der Waals surface area contributed by atoms with Crippen molar-refractivity contribution in [1.82, 2.24) is 0 Å². The third-order valence-electron chi connectivity index (χ3n) is 2.89. The third-order valence-corrected chi connectivity index (χ3v) is 2.89. The minimum atomic E-state index is -1.23. The number of hydrogen-bond acceptors (Lipinski definition) is 7. The van der Waals surface area contributed by atoms with E-state index in [4.69, 9.17) is 21.7 Å².